The van der Waals surface area contributed by atoms with Crippen molar-refractivity contribution in [2.45, 2.75) is 25.4 Å². The zero-order chi connectivity index (χ0) is 14.5. The number of benzene rings is 1. The van der Waals surface area contributed by atoms with Gasteiger partial charge in [-0.05, 0) is 38.1 Å². The van der Waals surface area contributed by atoms with Gasteiger partial charge in [0.15, 0.2) is 0 Å². The summed E-state index contributed by atoms with van der Waals surface area (Å²) >= 11 is 3.44. The van der Waals surface area contributed by atoms with Crippen LogP contribution in [-0.2, 0) is 11.3 Å². The molecule has 0 amide bonds. The molecule has 0 saturated carbocycles. The van der Waals surface area contributed by atoms with E-state index in [2.05, 4.69) is 26.6 Å². The maximum atomic E-state index is 11.9. The van der Waals surface area contributed by atoms with Gasteiger partial charge in [-0.2, -0.15) is 0 Å². The summed E-state index contributed by atoms with van der Waals surface area (Å²) in [6.07, 6.45) is 2.12. The van der Waals surface area contributed by atoms with Gasteiger partial charge < -0.3 is 21.1 Å². The summed E-state index contributed by atoms with van der Waals surface area (Å²) < 4.78 is 5.67. The number of carbonyl (C=O) groups is 1. The van der Waals surface area contributed by atoms with Crippen LogP contribution in [0, 0.1) is 0 Å². The van der Waals surface area contributed by atoms with E-state index in [9.17, 15) is 4.79 Å². The zero-order valence-corrected chi connectivity index (χ0v) is 13.1. The molecule has 1 fully saturated rings. The summed E-state index contributed by atoms with van der Waals surface area (Å²) in [4.78, 5) is 11.9. The van der Waals surface area contributed by atoms with Crippen molar-refractivity contribution < 1.29 is 9.53 Å². The summed E-state index contributed by atoms with van der Waals surface area (Å²) in [7, 11) is 1.38. The molecule has 1 aliphatic heterocycles. The van der Waals surface area contributed by atoms with Gasteiger partial charge in [0, 0.05) is 28.3 Å². The Kier molecular flexibility index (Phi) is 5.39. The number of anilines is 1. The molecule has 0 aromatic heterocycles. The molecule has 4 N–H and O–H groups in total. The smallest absolute Gasteiger partial charge is 0.338 e. The first-order chi connectivity index (χ1) is 9.65. The number of hydrogen-bond acceptors (Lipinski definition) is 5. The minimum atomic E-state index is -0.361. The second-order valence-electron chi connectivity index (χ2n) is 4.84. The van der Waals surface area contributed by atoms with Crippen molar-refractivity contribution >= 4 is 27.6 Å². The molecule has 1 aromatic rings. The Morgan fingerprint density at radius 1 is 1.50 bits per heavy atom. The van der Waals surface area contributed by atoms with Gasteiger partial charge in [-0.3, -0.25) is 0 Å². The van der Waals surface area contributed by atoms with Crippen molar-refractivity contribution in [3.8, 4) is 0 Å². The van der Waals surface area contributed by atoms with Crippen molar-refractivity contribution in [3.63, 3.8) is 0 Å². The lowest BCUT2D eigenvalue weighted by Gasteiger charge is -2.26. The molecule has 0 unspecified atom stereocenters. The molecule has 0 radical (unpaired) electrons. The topological polar surface area (TPSA) is 76.4 Å². The highest BCUT2D eigenvalue weighted by Gasteiger charge is 2.19. The van der Waals surface area contributed by atoms with Crippen LogP contribution in [0.25, 0.3) is 0 Å². The number of piperidine rings is 1. The molecule has 110 valence electrons. The van der Waals surface area contributed by atoms with Gasteiger partial charge in [-0.15, -0.1) is 0 Å². The van der Waals surface area contributed by atoms with Crippen LogP contribution >= 0.6 is 15.9 Å². The van der Waals surface area contributed by atoms with Crippen LogP contribution < -0.4 is 16.4 Å². The van der Waals surface area contributed by atoms with E-state index in [0.29, 0.717) is 18.2 Å². The van der Waals surface area contributed by atoms with Gasteiger partial charge in [0.05, 0.1) is 12.7 Å². The molecule has 5 nitrogen and oxygen atoms in total. The number of esters is 1. The molecule has 0 bridgehead atoms. The fourth-order valence-corrected chi connectivity index (χ4v) is 2.92. The third kappa shape index (κ3) is 3.50. The largest absolute Gasteiger partial charge is 0.465 e. The highest BCUT2D eigenvalue weighted by atomic mass is 79.9. The number of nitrogens with two attached hydrogens (primary N) is 1. The maximum absolute atomic E-state index is 11.9. The second kappa shape index (κ2) is 7.06. The molecule has 6 heteroatoms. The van der Waals surface area contributed by atoms with Gasteiger partial charge >= 0.3 is 5.97 Å². The Bertz CT molecular complexity index is 488. The van der Waals surface area contributed by atoms with Crippen LogP contribution in [0.5, 0.6) is 0 Å². The summed E-state index contributed by atoms with van der Waals surface area (Å²) in [5, 5.41) is 6.83. The average Bonchev–Trinajstić information content (AvgIpc) is 2.47. The van der Waals surface area contributed by atoms with Crippen molar-refractivity contribution in [3.05, 3.63) is 27.7 Å². The zero-order valence-electron chi connectivity index (χ0n) is 11.5. The third-order valence-electron chi connectivity index (χ3n) is 3.52. The van der Waals surface area contributed by atoms with Crippen molar-refractivity contribution in [2.75, 3.05) is 25.5 Å². The molecule has 20 heavy (non-hydrogen) atoms. The first-order valence-corrected chi connectivity index (χ1v) is 7.53. The fourth-order valence-electron chi connectivity index (χ4n) is 2.46. The quantitative estimate of drug-likeness (QED) is 0.728. The average molecular weight is 342 g/mol. The Balaban J connectivity index is 2.30. The maximum Gasteiger partial charge on any atom is 0.338 e. The molecule has 1 heterocycles. The van der Waals surface area contributed by atoms with Crippen molar-refractivity contribution in [1.82, 2.24) is 5.32 Å². The molecule has 0 atom stereocenters. The van der Waals surface area contributed by atoms with Gasteiger partial charge in [0.2, 0.25) is 0 Å². The van der Waals surface area contributed by atoms with E-state index in [-0.39, 0.29) is 5.97 Å². The first-order valence-electron chi connectivity index (χ1n) is 6.73. The monoisotopic (exact) mass is 341 g/mol. The summed E-state index contributed by atoms with van der Waals surface area (Å²) in [6, 6.07) is 4.12. The number of hydrogen-bond donors (Lipinski definition) is 3. The number of nitrogens with one attached hydrogen (secondary N) is 2. The van der Waals surface area contributed by atoms with E-state index in [1.807, 2.05) is 6.07 Å². The lowest BCUT2D eigenvalue weighted by atomic mass is 10.0. The lowest BCUT2D eigenvalue weighted by Crippen LogP contribution is -2.35. The summed E-state index contributed by atoms with van der Waals surface area (Å²) in [5.74, 6) is -0.361. The molecular weight excluding hydrogens is 322 g/mol. The van der Waals surface area contributed by atoms with Crippen LogP contribution in [0.1, 0.15) is 28.8 Å². The van der Waals surface area contributed by atoms with Crippen molar-refractivity contribution in [1.29, 1.82) is 0 Å². The Hall–Kier alpha value is -1.11. The SMILES string of the molecule is COC(=O)c1cc(Br)cc(NC2CCNCC2)c1CN. The number of carbonyl (C=O) groups excluding carboxylic acids is 1. The fraction of sp³-hybridized carbons (Fsp3) is 0.500. The van der Waals surface area contributed by atoms with Crippen molar-refractivity contribution in [2.24, 2.45) is 5.73 Å². The van der Waals surface area contributed by atoms with E-state index in [4.69, 9.17) is 10.5 Å². The number of methoxy groups -OCH3 is 1. The van der Waals surface area contributed by atoms with Gasteiger partial charge in [0.1, 0.15) is 0 Å². The Morgan fingerprint density at radius 2 is 2.20 bits per heavy atom. The van der Waals surface area contributed by atoms with Gasteiger partial charge in [-0.25, -0.2) is 4.79 Å². The predicted octanol–water partition coefficient (Wildman–Crippen LogP) is 1.86. The van der Waals surface area contributed by atoms with E-state index in [1.54, 1.807) is 6.07 Å². The molecule has 1 saturated heterocycles. The van der Waals surface area contributed by atoms with Crippen LogP contribution in [0.3, 0.4) is 0 Å². The lowest BCUT2D eigenvalue weighted by molar-refractivity contribution is 0.0599. The standard InChI is InChI=1S/C14H20BrN3O2/c1-20-14(19)11-6-9(15)7-13(12(11)8-16)18-10-2-4-17-5-3-10/h6-7,10,17-18H,2-5,8,16H2,1H3. The van der Waals surface area contributed by atoms with E-state index >= 15 is 0 Å². The number of rotatable bonds is 4. The third-order valence-corrected chi connectivity index (χ3v) is 3.98. The Morgan fingerprint density at radius 3 is 2.80 bits per heavy atom. The molecular formula is C14H20BrN3O2. The molecule has 0 aliphatic carbocycles. The van der Waals surface area contributed by atoms with E-state index in [1.165, 1.54) is 7.11 Å². The minimum absolute atomic E-state index is 0.297. The van der Waals surface area contributed by atoms with E-state index in [0.717, 1.165) is 41.7 Å². The molecule has 2 rings (SSSR count). The molecule has 0 spiro atoms. The van der Waals surface area contributed by atoms with Crippen LogP contribution in [0.15, 0.2) is 16.6 Å². The first kappa shape index (κ1) is 15.3. The molecule has 1 aliphatic rings. The highest BCUT2D eigenvalue weighted by molar-refractivity contribution is 9.10. The molecule has 1 aromatic carbocycles. The summed E-state index contributed by atoms with van der Waals surface area (Å²) in [5.41, 5.74) is 8.05. The van der Waals surface area contributed by atoms with Crippen LogP contribution in [-0.4, -0.2) is 32.2 Å². The van der Waals surface area contributed by atoms with Gasteiger partial charge in [0.25, 0.3) is 0 Å². The normalized spacial score (nSPS) is 15.9. The van der Waals surface area contributed by atoms with E-state index < -0.39 is 0 Å². The van der Waals surface area contributed by atoms with Crippen LogP contribution in [0.4, 0.5) is 5.69 Å². The van der Waals surface area contributed by atoms with Gasteiger partial charge in [-0.1, -0.05) is 15.9 Å². The number of ether oxygens (including phenoxy) is 1. The highest BCUT2D eigenvalue weighted by Crippen LogP contribution is 2.27. The minimum Gasteiger partial charge on any atom is -0.465 e. The Labute approximate surface area is 127 Å². The number of halogens is 1. The second-order valence-corrected chi connectivity index (χ2v) is 5.76. The predicted molar refractivity (Wildman–Crippen MR) is 82.9 cm³/mol. The van der Waals surface area contributed by atoms with Crippen LogP contribution in [0.2, 0.25) is 0 Å². The summed E-state index contributed by atoms with van der Waals surface area (Å²) in [6.45, 7) is 2.31.